The number of hydrogen-bond donors (Lipinski definition) is 0. The third-order valence-electron chi connectivity index (χ3n) is 2.93. The molecule has 0 radical (unpaired) electrons. The Morgan fingerprint density at radius 3 is 2.47 bits per heavy atom. The Balaban J connectivity index is 2.20. The molecule has 4 heteroatoms. The molecule has 19 heavy (non-hydrogen) atoms. The Morgan fingerprint density at radius 2 is 1.74 bits per heavy atom. The van der Waals surface area contributed by atoms with Crippen LogP contribution in [0.4, 0.5) is 0 Å². The first-order valence-corrected chi connectivity index (χ1v) is 8.10. The van der Waals surface area contributed by atoms with Gasteiger partial charge in [0.05, 0.1) is 9.35 Å². The lowest BCUT2D eigenvalue weighted by molar-refractivity contribution is 0.104. The van der Waals surface area contributed by atoms with E-state index in [0.717, 1.165) is 30.2 Å². The zero-order valence-electron chi connectivity index (χ0n) is 9.69. The summed E-state index contributed by atoms with van der Waals surface area (Å²) in [6, 6.07) is 13.8. The monoisotopic (exact) mass is 394 g/mol. The van der Waals surface area contributed by atoms with Crippen molar-refractivity contribution in [2.45, 2.75) is 0 Å². The smallest absolute Gasteiger partial charge is 0.204 e. The highest BCUT2D eigenvalue weighted by atomic mass is 79.9. The minimum absolute atomic E-state index is 0.0550. The maximum Gasteiger partial charge on any atom is 0.204 e. The number of fused-ring (bicyclic) bond motifs is 1. The van der Waals surface area contributed by atoms with Crippen molar-refractivity contribution in [3.63, 3.8) is 0 Å². The van der Waals surface area contributed by atoms with Gasteiger partial charge >= 0.3 is 0 Å². The van der Waals surface area contributed by atoms with Crippen LogP contribution in [0, 0.1) is 0 Å². The minimum Gasteiger partial charge on any atom is -0.288 e. The molecule has 0 saturated carbocycles. The summed E-state index contributed by atoms with van der Waals surface area (Å²) in [6.45, 7) is 0. The molecule has 3 rings (SSSR count). The maximum atomic E-state index is 12.7. The number of ketones is 1. The molecule has 0 unspecified atom stereocenters. The molecule has 0 fully saturated rings. The molecule has 0 aliphatic heterocycles. The molecule has 0 atom stereocenters. The fourth-order valence-electron chi connectivity index (χ4n) is 2.02. The number of benzene rings is 2. The average molecular weight is 396 g/mol. The maximum absolute atomic E-state index is 12.7. The summed E-state index contributed by atoms with van der Waals surface area (Å²) < 4.78 is 1.75. The molecule has 0 saturated heterocycles. The summed E-state index contributed by atoms with van der Waals surface area (Å²) in [7, 11) is 0. The number of rotatable bonds is 2. The van der Waals surface area contributed by atoms with E-state index in [9.17, 15) is 4.79 Å². The summed E-state index contributed by atoms with van der Waals surface area (Å²) in [5.74, 6) is 0.0550. The van der Waals surface area contributed by atoms with E-state index < -0.39 is 0 Å². The van der Waals surface area contributed by atoms with Gasteiger partial charge in [0.1, 0.15) is 0 Å². The second-order valence-electron chi connectivity index (χ2n) is 4.08. The summed E-state index contributed by atoms with van der Waals surface area (Å²) in [5.41, 5.74) is 0.744. The van der Waals surface area contributed by atoms with E-state index in [2.05, 4.69) is 31.9 Å². The Kier molecular flexibility index (Phi) is 3.56. The molecule has 1 aromatic heterocycles. The van der Waals surface area contributed by atoms with Gasteiger partial charge in [-0.15, -0.1) is 11.3 Å². The molecule has 0 aliphatic rings. The van der Waals surface area contributed by atoms with Crippen LogP contribution in [0.5, 0.6) is 0 Å². The van der Waals surface area contributed by atoms with E-state index >= 15 is 0 Å². The third kappa shape index (κ3) is 2.29. The van der Waals surface area contributed by atoms with E-state index in [1.54, 1.807) is 0 Å². The van der Waals surface area contributed by atoms with Crippen molar-refractivity contribution < 1.29 is 4.79 Å². The van der Waals surface area contributed by atoms with Crippen LogP contribution < -0.4 is 0 Å². The van der Waals surface area contributed by atoms with Crippen LogP contribution in [0.15, 0.2) is 56.8 Å². The van der Waals surface area contributed by atoms with Gasteiger partial charge in [-0.1, -0.05) is 42.5 Å². The predicted molar refractivity (Wildman–Crippen MR) is 87.1 cm³/mol. The molecule has 0 bridgehead atoms. The highest BCUT2D eigenvalue weighted by molar-refractivity contribution is 9.13. The zero-order chi connectivity index (χ0) is 13.4. The molecular formula is C15H8Br2OS. The van der Waals surface area contributed by atoms with Gasteiger partial charge in [0.2, 0.25) is 5.78 Å². The van der Waals surface area contributed by atoms with Gasteiger partial charge in [0, 0.05) is 15.4 Å². The van der Waals surface area contributed by atoms with Crippen LogP contribution in [0.3, 0.4) is 0 Å². The van der Waals surface area contributed by atoms with Crippen LogP contribution in [0.2, 0.25) is 0 Å². The molecule has 0 spiro atoms. The van der Waals surface area contributed by atoms with E-state index in [4.69, 9.17) is 0 Å². The molecule has 3 aromatic rings. The Bertz CT molecular complexity index is 771. The number of hydrogen-bond acceptors (Lipinski definition) is 2. The molecule has 94 valence electrons. The highest BCUT2D eigenvalue weighted by Gasteiger charge is 2.18. The van der Waals surface area contributed by atoms with Gasteiger partial charge in [0.25, 0.3) is 0 Å². The zero-order valence-corrected chi connectivity index (χ0v) is 13.7. The van der Waals surface area contributed by atoms with Gasteiger partial charge in [0.15, 0.2) is 0 Å². The first kappa shape index (κ1) is 13.0. The van der Waals surface area contributed by atoms with E-state index in [-0.39, 0.29) is 5.78 Å². The van der Waals surface area contributed by atoms with Crippen LogP contribution in [0.1, 0.15) is 15.2 Å². The van der Waals surface area contributed by atoms with Crippen molar-refractivity contribution in [1.29, 1.82) is 0 Å². The van der Waals surface area contributed by atoms with Crippen LogP contribution in [-0.4, -0.2) is 5.78 Å². The number of halogens is 2. The van der Waals surface area contributed by atoms with Crippen molar-refractivity contribution in [1.82, 2.24) is 0 Å². The first-order chi connectivity index (χ1) is 9.18. The van der Waals surface area contributed by atoms with Gasteiger partial charge in [-0.25, -0.2) is 0 Å². The largest absolute Gasteiger partial charge is 0.288 e. The summed E-state index contributed by atoms with van der Waals surface area (Å²) in [5, 5.41) is 3.99. The quantitative estimate of drug-likeness (QED) is 0.512. The van der Waals surface area contributed by atoms with Crippen molar-refractivity contribution in [2.75, 3.05) is 0 Å². The summed E-state index contributed by atoms with van der Waals surface area (Å²) in [6.07, 6.45) is 0. The number of thiophene rings is 1. The van der Waals surface area contributed by atoms with E-state index in [1.807, 2.05) is 47.8 Å². The van der Waals surface area contributed by atoms with Crippen LogP contribution >= 0.6 is 43.2 Å². The molecule has 2 aromatic carbocycles. The fourth-order valence-corrected chi connectivity index (χ4v) is 4.13. The average Bonchev–Trinajstić information content (AvgIpc) is 2.78. The lowest BCUT2D eigenvalue weighted by atomic mass is 10.0. The first-order valence-electron chi connectivity index (χ1n) is 5.63. The number of carbonyl (C=O) groups excluding carboxylic acids is 1. The molecule has 0 N–H and O–H groups in total. The number of carbonyl (C=O) groups is 1. The SMILES string of the molecule is O=C(c1scc(Br)c1Br)c1cccc2ccccc12. The van der Waals surface area contributed by atoms with Crippen LogP contribution in [0.25, 0.3) is 10.8 Å². The summed E-state index contributed by atoms with van der Waals surface area (Å²) >= 11 is 8.32. The predicted octanol–water partition coefficient (Wildman–Crippen LogP) is 5.66. The van der Waals surface area contributed by atoms with Crippen molar-refractivity contribution in [2.24, 2.45) is 0 Å². The Hall–Kier alpha value is -0.970. The standard InChI is InChI=1S/C15H8Br2OS/c16-12-8-19-15(13(12)17)14(18)11-7-3-5-9-4-1-2-6-10(9)11/h1-8H. The van der Waals surface area contributed by atoms with E-state index in [1.165, 1.54) is 11.3 Å². The molecule has 1 heterocycles. The lowest BCUT2D eigenvalue weighted by Gasteiger charge is -2.04. The minimum atomic E-state index is 0.0550. The molecule has 0 aliphatic carbocycles. The second-order valence-corrected chi connectivity index (χ2v) is 6.61. The van der Waals surface area contributed by atoms with E-state index in [0.29, 0.717) is 0 Å². The van der Waals surface area contributed by atoms with Crippen molar-refractivity contribution in [3.8, 4) is 0 Å². The van der Waals surface area contributed by atoms with Gasteiger partial charge < -0.3 is 0 Å². The highest BCUT2D eigenvalue weighted by Crippen LogP contribution is 2.35. The third-order valence-corrected chi connectivity index (χ3v) is 6.46. The van der Waals surface area contributed by atoms with Gasteiger partial charge in [-0.05, 0) is 42.6 Å². The van der Waals surface area contributed by atoms with Crippen molar-refractivity contribution in [3.05, 3.63) is 67.2 Å². The van der Waals surface area contributed by atoms with Crippen molar-refractivity contribution >= 4 is 59.8 Å². The summed E-state index contributed by atoms with van der Waals surface area (Å²) in [4.78, 5) is 13.4. The molecular weight excluding hydrogens is 388 g/mol. The van der Waals surface area contributed by atoms with Crippen LogP contribution in [-0.2, 0) is 0 Å². The van der Waals surface area contributed by atoms with Gasteiger partial charge in [-0.2, -0.15) is 0 Å². The fraction of sp³-hybridized carbons (Fsp3) is 0. The Labute approximate surface area is 131 Å². The normalized spacial score (nSPS) is 10.8. The lowest BCUT2D eigenvalue weighted by Crippen LogP contribution is -2.00. The molecule has 0 amide bonds. The topological polar surface area (TPSA) is 17.1 Å². The molecule has 1 nitrogen and oxygen atoms in total. The second kappa shape index (κ2) is 5.19. The van der Waals surface area contributed by atoms with Gasteiger partial charge in [-0.3, -0.25) is 4.79 Å². The Morgan fingerprint density at radius 1 is 1.00 bits per heavy atom.